The molecule has 1 aliphatic heterocycles. The Morgan fingerprint density at radius 1 is 0.811 bits per heavy atom. The Morgan fingerprint density at radius 3 is 2.19 bits per heavy atom. The number of hydrogen-bond donors (Lipinski definition) is 0. The maximum atomic E-state index is 13.9. The number of carbonyl (C=O) groups excluding carboxylic acids is 2. The highest BCUT2D eigenvalue weighted by molar-refractivity contribution is 6.21. The van der Waals surface area contributed by atoms with E-state index in [9.17, 15) is 18.8 Å². The average molecular weight is 502 g/mol. The second-order valence-corrected chi connectivity index (χ2v) is 8.64. The lowest BCUT2D eigenvalue weighted by Crippen LogP contribution is -2.34. The number of amides is 2. The van der Waals surface area contributed by atoms with Gasteiger partial charge in [0, 0.05) is 19.5 Å². The molecule has 8 nitrogen and oxygen atoms in total. The SMILES string of the molecule is COc1ccc(CCn2c(CCN3C(=O)c4ccccc4C3=O)nc3ccc(F)cc3c2=O)cc1OC. The van der Waals surface area contributed by atoms with Crippen LogP contribution in [-0.4, -0.2) is 47.0 Å². The number of benzene rings is 3. The predicted molar refractivity (Wildman–Crippen MR) is 135 cm³/mol. The molecule has 188 valence electrons. The number of methoxy groups -OCH3 is 2. The number of ether oxygens (including phenoxy) is 2. The van der Waals surface area contributed by atoms with Gasteiger partial charge in [-0.1, -0.05) is 18.2 Å². The number of rotatable bonds is 8. The quantitative estimate of drug-likeness (QED) is 0.343. The Morgan fingerprint density at radius 2 is 1.51 bits per heavy atom. The van der Waals surface area contributed by atoms with Crippen LogP contribution in [0.4, 0.5) is 4.39 Å². The lowest BCUT2D eigenvalue weighted by molar-refractivity contribution is 0.0655. The molecule has 9 heteroatoms. The van der Waals surface area contributed by atoms with Crippen molar-refractivity contribution in [2.45, 2.75) is 19.4 Å². The summed E-state index contributed by atoms with van der Waals surface area (Å²) in [6.45, 7) is 0.313. The molecule has 3 aromatic carbocycles. The minimum atomic E-state index is -0.531. The van der Waals surface area contributed by atoms with Crippen LogP contribution in [0.5, 0.6) is 11.5 Å². The first-order chi connectivity index (χ1) is 17.9. The number of carbonyl (C=O) groups is 2. The molecule has 0 aliphatic carbocycles. The maximum Gasteiger partial charge on any atom is 0.261 e. The lowest BCUT2D eigenvalue weighted by atomic mass is 10.1. The number of nitrogens with zero attached hydrogens (tertiary/aromatic N) is 3. The second-order valence-electron chi connectivity index (χ2n) is 8.64. The van der Waals surface area contributed by atoms with Gasteiger partial charge in [0.1, 0.15) is 11.6 Å². The molecular formula is C28H24FN3O5. The van der Waals surface area contributed by atoms with Crippen LogP contribution in [0.2, 0.25) is 0 Å². The minimum Gasteiger partial charge on any atom is -0.493 e. The van der Waals surface area contributed by atoms with E-state index in [4.69, 9.17) is 9.47 Å². The first-order valence-corrected chi connectivity index (χ1v) is 11.8. The molecule has 0 atom stereocenters. The van der Waals surface area contributed by atoms with Crippen molar-refractivity contribution in [3.05, 3.63) is 99.3 Å². The van der Waals surface area contributed by atoms with Gasteiger partial charge < -0.3 is 9.47 Å². The molecule has 5 rings (SSSR count). The highest BCUT2D eigenvalue weighted by Gasteiger charge is 2.34. The number of aromatic nitrogens is 2. The van der Waals surface area contributed by atoms with Crippen LogP contribution in [0.15, 0.2) is 65.5 Å². The largest absolute Gasteiger partial charge is 0.493 e. The van der Waals surface area contributed by atoms with Gasteiger partial charge in [0.05, 0.1) is 36.2 Å². The third-order valence-corrected chi connectivity index (χ3v) is 6.50. The zero-order valence-electron chi connectivity index (χ0n) is 20.4. The fraction of sp³-hybridized carbons (Fsp3) is 0.214. The maximum absolute atomic E-state index is 13.9. The van der Waals surface area contributed by atoms with Gasteiger partial charge in [-0.05, 0) is 54.4 Å². The number of hydrogen-bond acceptors (Lipinski definition) is 6. The Bertz CT molecular complexity index is 1560. The topological polar surface area (TPSA) is 90.7 Å². The fourth-order valence-corrected chi connectivity index (χ4v) is 4.59. The minimum absolute atomic E-state index is 0.0574. The van der Waals surface area contributed by atoms with Crippen molar-refractivity contribution >= 4 is 22.7 Å². The van der Waals surface area contributed by atoms with E-state index in [-0.39, 0.29) is 42.3 Å². The van der Waals surface area contributed by atoms with Crippen molar-refractivity contribution in [1.29, 1.82) is 0 Å². The van der Waals surface area contributed by atoms with Crippen molar-refractivity contribution < 1.29 is 23.5 Å². The van der Waals surface area contributed by atoms with Crippen LogP contribution in [0.25, 0.3) is 10.9 Å². The van der Waals surface area contributed by atoms with Gasteiger partial charge in [0.25, 0.3) is 17.4 Å². The summed E-state index contributed by atoms with van der Waals surface area (Å²) >= 11 is 0. The Hall–Kier alpha value is -4.53. The predicted octanol–water partition coefficient (Wildman–Crippen LogP) is 3.63. The van der Waals surface area contributed by atoms with Crippen LogP contribution in [0, 0.1) is 5.82 Å². The van der Waals surface area contributed by atoms with E-state index in [1.165, 1.54) is 27.7 Å². The third-order valence-electron chi connectivity index (χ3n) is 6.50. The Balaban J connectivity index is 1.46. The van der Waals surface area contributed by atoms with Crippen LogP contribution < -0.4 is 15.0 Å². The zero-order valence-corrected chi connectivity index (χ0v) is 20.4. The number of fused-ring (bicyclic) bond motifs is 2. The number of imide groups is 1. The van der Waals surface area contributed by atoms with Gasteiger partial charge in [0.2, 0.25) is 0 Å². The first-order valence-electron chi connectivity index (χ1n) is 11.8. The van der Waals surface area contributed by atoms with E-state index in [0.717, 1.165) is 5.56 Å². The molecule has 0 unspecified atom stereocenters. The molecule has 2 heterocycles. The van der Waals surface area contributed by atoms with Gasteiger partial charge in [-0.15, -0.1) is 0 Å². The number of aryl methyl sites for hydroxylation is 1. The molecule has 2 amide bonds. The van der Waals surface area contributed by atoms with E-state index in [2.05, 4.69) is 4.98 Å². The normalized spacial score (nSPS) is 12.8. The average Bonchev–Trinajstić information content (AvgIpc) is 3.16. The summed E-state index contributed by atoms with van der Waals surface area (Å²) in [7, 11) is 3.10. The van der Waals surface area contributed by atoms with Gasteiger partial charge in [-0.2, -0.15) is 0 Å². The molecule has 0 N–H and O–H groups in total. The van der Waals surface area contributed by atoms with Gasteiger partial charge in [-0.3, -0.25) is 23.9 Å². The third kappa shape index (κ3) is 4.44. The van der Waals surface area contributed by atoms with Gasteiger partial charge >= 0.3 is 0 Å². The summed E-state index contributed by atoms with van der Waals surface area (Å²) in [5, 5.41) is 0.164. The van der Waals surface area contributed by atoms with Gasteiger partial charge in [-0.25, -0.2) is 9.37 Å². The van der Waals surface area contributed by atoms with Crippen LogP contribution in [0.3, 0.4) is 0 Å². The summed E-state index contributed by atoms with van der Waals surface area (Å²) in [6.07, 6.45) is 0.628. The first kappa shape index (κ1) is 24.2. The standard InChI is InChI=1S/C28H24FN3O5/c1-36-23-10-7-17(15-24(23)37-2)11-13-31-25(30-22-9-8-18(29)16-21(22)28(31)35)12-14-32-26(33)19-5-3-4-6-20(19)27(32)34/h3-10,15-16H,11-14H2,1-2H3. The van der Waals surface area contributed by atoms with E-state index in [1.54, 1.807) is 44.6 Å². The molecular weight excluding hydrogens is 477 g/mol. The Labute approximate surface area is 211 Å². The van der Waals surface area contributed by atoms with Crippen molar-refractivity contribution in [2.75, 3.05) is 20.8 Å². The summed E-state index contributed by atoms with van der Waals surface area (Å²) in [5.74, 6) is 0.285. The van der Waals surface area contributed by atoms with E-state index in [0.29, 0.717) is 40.4 Å². The van der Waals surface area contributed by atoms with Crippen LogP contribution in [-0.2, 0) is 19.4 Å². The van der Waals surface area contributed by atoms with E-state index < -0.39 is 5.82 Å². The van der Waals surface area contributed by atoms with Crippen LogP contribution in [0.1, 0.15) is 32.1 Å². The molecule has 1 aromatic heterocycles. The molecule has 4 aromatic rings. The van der Waals surface area contributed by atoms with Crippen molar-refractivity contribution in [2.24, 2.45) is 0 Å². The van der Waals surface area contributed by atoms with Crippen molar-refractivity contribution in [3.63, 3.8) is 0 Å². The Kier molecular flexibility index (Phi) is 6.43. The van der Waals surface area contributed by atoms with Crippen molar-refractivity contribution in [3.8, 4) is 11.5 Å². The molecule has 0 fully saturated rings. The molecule has 1 aliphatic rings. The summed E-state index contributed by atoms with van der Waals surface area (Å²) < 4.78 is 26.1. The van der Waals surface area contributed by atoms with Crippen LogP contribution >= 0.6 is 0 Å². The second kappa shape index (κ2) is 9.85. The summed E-state index contributed by atoms with van der Waals surface area (Å²) in [4.78, 5) is 44.8. The monoisotopic (exact) mass is 501 g/mol. The van der Waals surface area contributed by atoms with E-state index in [1.807, 2.05) is 12.1 Å². The lowest BCUT2D eigenvalue weighted by Gasteiger charge is -2.17. The molecule has 0 spiro atoms. The molecule has 0 bridgehead atoms. The van der Waals surface area contributed by atoms with Crippen molar-refractivity contribution in [1.82, 2.24) is 14.5 Å². The molecule has 0 radical (unpaired) electrons. The fourth-order valence-electron chi connectivity index (χ4n) is 4.59. The molecule has 0 saturated carbocycles. The molecule has 0 saturated heterocycles. The molecule has 37 heavy (non-hydrogen) atoms. The smallest absolute Gasteiger partial charge is 0.261 e. The summed E-state index contributed by atoms with van der Waals surface area (Å²) in [6, 6.07) is 16.0. The highest BCUT2D eigenvalue weighted by Crippen LogP contribution is 2.28. The van der Waals surface area contributed by atoms with Gasteiger partial charge in [0.15, 0.2) is 11.5 Å². The highest BCUT2D eigenvalue weighted by atomic mass is 19.1. The zero-order chi connectivity index (χ0) is 26.1. The van der Waals surface area contributed by atoms with E-state index >= 15 is 0 Å². The number of halogens is 1. The summed E-state index contributed by atoms with van der Waals surface area (Å²) in [5.41, 5.74) is 1.59.